The molecule has 2 aromatic rings. The van der Waals surface area contributed by atoms with Crippen molar-refractivity contribution >= 4 is 16.5 Å². The van der Waals surface area contributed by atoms with Gasteiger partial charge in [0.2, 0.25) is 0 Å². The lowest BCUT2D eigenvalue weighted by Crippen LogP contribution is -2.40. The predicted octanol–water partition coefficient (Wildman–Crippen LogP) is 3.53. The SMILES string of the molecule is CC(C)(C)N(Cc1ccccc1)Cc1cnc(N)s1. The van der Waals surface area contributed by atoms with Crippen LogP contribution in [0.1, 0.15) is 31.2 Å². The Bertz CT molecular complexity index is 514. The van der Waals surface area contributed by atoms with E-state index in [1.807, 2.05) is 6.20 Å². The van der Waals surface area contributed by atoms with Crippen LogP contribution in [0.15, 0.2) is 36.5 Å². The maximum Gasteiger partial charge on any atom is 0.180 e. The molecule has 2 N–H and O–H groups in total. The lowest BCUT2D eigenvalue weighted by Gasteiger charge is -2.35. The number of aromatic nitrogens is 1. The summed E-state index contributed by atoms with van der Waals surface area (Å²) < 4.78 is 0. The van der Waals surface area contributed by atoms with E-state index >= 15 is 0 Å². The standard InChI is InChI=1S/C15H21N3S/c1-15(2,3)18(10-12-7-5-4-6-8-12)11-13-9-17-14(16)19-13/h4-9H,10-11H2,1-3H3,(H2,16,17). The number of anilines is 1. The van der Waals surface area contributed by atoms with Gasteiger partial charge in [-0.25, -0.2) is 4.98 Å². The minimum atomic E-state index is 0.106. The number of thiazole rings is 1. The first kappa shape index (κ1) is 14.0. The molecule has 2 rings (SSSR count). The molecule has 19 heavy (non-hydrogen) atoms. The molecule has 1 aromatic heterocycles. The molecule has 0 aliphatic rings. The second kappa shape index (κ2) is 5.72. The van der Waals surface area contributed by atoms with Crippen LogP contribution in [0.25, 0.3) is 0 Å². The van der Waals surface area contributed by atoms with E-state index in [9.17, 15) is 0 Å². The van der Waals surface area contributed by atoms with E-state index in [1.54, 1.807) is 11.3 Å². The van der Waals surface area contributed by atoms with Crippen LogP contribution in [0.3, 0.4) is 0 Å². The number of benzene rings is 1. The molecule has 1 aromatic carbocycles. The van der Waals surface area contributed by atoms with Gasteiger partial charge in [-0.3, -0.25) is 4.90 Å². The summed E-state index contributed by atoms with van der Waals surface area (Å²) in [5, 5.41) is 0.642. The Morgan fingerprint density at radius 3 is 2.37 bits per heavy atom. The summed E-state index contributed by atoms with van der Waals surface area (Å²) in [6.45, 7) is 8.52. The summed E-state index contributed by atoms with van der Waals surface area (Å²) in [4.78, 5) is 7.78. The number of rotatable bonds is 4. The molecule has 1 heterocycles. The van der Waals surface area contributed by atoms with Crippen molar-refractivity contribution in [2.75, 3.05) is 5.73 Å². The summed E-state index contributed by atoms with van der Waals surface area (Å²) >= 11 is 1.57. The summed E-state index contributed by atoms with van der Waals surface area (Å²) in [6, 6.07) is 10.6. The Morgan fingerprint density at radius 2 is 1.84 bits per heavy atom. The normalized spacial score (nSPS) is 12.0. The van der Waals surface area contributed by atoms with Gasteiger partial charge in [-0.1, -0.05) is 30.3 Å². The van der Waals surface area contributed by atoms with Crippen molar-refractivity contribution in [3.8, 4) is 0 Å². The smallest absolute Gasteiger partial charge is 0.180 e. The highest BCUT2D eigenvalue weighted by atomic mass is 32.1. The molecular weight excluding hydrogens is 254 g/mol. The lowest BCUT2D eigenvalue weighted by atomic mass is 10.0. The van der Waals surface area contributed by atoms with E-state index in [0.29, 0.717) is 5.13 Å². The van der Waals surface area contributed by atoms with Crippen molar-refractivity contribution < 1.29 is 0 Å². The van der Waals surface area contributed by atoms with Gasteiger partial charge in [0.25, 0.3) is 0 Å². The summed E-state index contributed by atoms with van der Waals surface area (Å²) in [5.74, 6) is 0. The molecule has 0 saturated heterocycles. The fourth-order valence-electron chi connectivity index (χ4n) is 1.92. The minimum Gasteiger partial charge on any atom is -0.375 e. The Hall–Kier alpha value is -1.39. The van der Waals surface area contributed by atoms with Crippen LogP contribution in [0, 0.1) is 0 Å². The first-order valence-corrected chi connectivity index (χ1v) is 7.26. The maximum atomic E-state index is 5.70. The third-order valence-electron chi connectivity index (χ3n) is 3.08. The molecule has 102 valence electrons. The fraction of sp³-hybridized carbons (Fsp3) is 0.400. The molecule has 0 bridgehead atoms. The first-order valence-electron chi connectivity index (χ1n) is 6.44. The fourth-order valence-corrected chi connectivity index (χ4v) is 2.62. The Labute approximate surface area is 119 Å². The van der Waals surface area contributed by atoms with Crippen LogP contribution in [0.2, 0.25) is 0 Å². The summed E-state index contributed by atoms with van der Waals surface area (Å²) in [5.41, 5.74) is 7.14. The maximum absolute atomic E-state index is 5.70. The highest BCUT2D eigenvalue weighted by molar-refractivity contribution is 7.15. The predicted molar refractivity (Wildman–Crippen MR) is 82.0 cm³/mol. The molecule has 0 spiro atoms. The molecule has 0 unspecified atom stereocenters. The zero-order valence-corrected chi connectivity index (χ0v) is 12.6. The van der Waals surface area contributed by atoms with Gasteiger partial charge in [-0.05, 0) is 26.3 Å². The molecular formula is C15H21N3S. The number of hydrogen-bond acceptors (Lipinski definition) is 4. The molecule has 0 aliphatic carbocycles. The van der Waals surface area contributed by atoms with E-state index in [2.05, 4.69) is 61.0 Å². The number of nitrogen functional groups attached to an aromatic ring is 1. The molecule has 0 saturated carbocycles. The van der Waals surface area contributed by atoms with Gasteiger partial charge in [-0.15, -0.1) is 11.3 Å². The number of nitrogens with two attached hydrogens (primary N) is 1. The van der Waals surface area contributed by atoms with Crippen molar-refractivity contribution in [2.24, 2.45) is 0 Å². The third-order valence-corrected chi connectivity index (χ3v) is 3.89. The van der Waals surface area contributed by atoms with E-state index in [1.165, 1.54) is 10.4 Å². The van der Waals surface area contributed by atoms with Gasteiger partial charge in [0.1, 0.15) is 0 Å². The summed E-state index contributed by atoms with van der Waals surface area (Å²) in [7, 11) is 0. The molecule has 3 nitrogen and oxygen atoms in total. The Balaban J connectivity index is 2.13. The van der Waals surface area contributed by atoms with Gasteiger partial charge >= 0.3 is 0 Å². The average Bonchev–Trinajstić information content (AvgIpc) is 2.74. The van der Waals surface area contributed by atoms with Crippen LogP contribution < -0.4 is 5.73 Å². The van der Waals surface area contributed by atoms with Crippen LogP contribution in [-0.4, -0.2) is 15.4 Å². The quantitative estimate of drug-likeness (QED) is 0.928. The van der Waals surface area contributed by atoms with Crippen LogP contribution in [0.5, 0.6) is 0 Å². The largest absolute Gasteiger partial charge is 0.375 e. The monoisotopic (exact) mass is 275 g/mol. The van der Waals surface area contributed by atoms with Gasteiger partial charge < -0.3 is 5.73 Å². The highest BCUT2D eigenvalue weighted by Gasteiger charge is 2.22. The lowest BCUT2D eigenvalue weighted by molar-refractivity contribution is 0.120. The number of hydrogen-bond donors (Lipinski definition) is 1. The minimum absolute atomic E-state index is 0.106. The van der Waals surface area contributed by atoms with Crippen LogP contribution >= 0.6 is 11.3 Å². The van der Waals surface area contributed by atoms with Crippen LogP contribution in [-0.2, 0) is 13.1 Å². The summed E-state index contributed by atoms with van der Waals surface area (Å²) in [6.07, 6.45) is 1.88. The topological polar surface area (TPSA) is 42.2 Å². The first-order chi connectivity index (χ1) is 8.95. The number of nitrogens with zero attached hydrogens (tertiary/aromatic N) is 2. The van der Waals surface area contributed by atoms with E-state index in [0.717, 1.165) is 13.1 Å². The second-order valence-corrected chi connectivity index (χ2v) is 6.82. The molecule has 4 heteroatoms. The van der Waals surface area contributed by atoms with E-state index in [4.69, 9.17) is 5.73 Å². The zero-order valence-electron chi connectivity index (χ0n) is 11.8. The van der Waals surface area contributed by atoms with Gasteiger partial charge in [0, 0.05) is 29.7 Å². The van der Waals surface area contributed by atoms with Crippen molar-refractivity contribution in [1.82, 2.24) is 9.88 Å². The molecule has 0 atom stereocenters. The van der Waals surface area contributed by atoms with E-state index in [-0.39, 0.29) is 5.54 Å². The van der Waals surface area contributed by atoms with Gasteiger partial charge in [0.15, 0.2) is 5.13 Å². The molecule has 0 radical (unpaired) electrons. The molecule has 0 fully saturated rings. The van der Waals surface area contributed by atoms with Gasteiger partial charge in [-0.2, -0.15) is 0 Å². The van der Waals surface area contributed by atoms with Crippen molar-refractivity contribution in [1.29, 1.82) is 0 Å². The zero-order chi connectivity index (χ0) is 13.9. The molecule has 0 amide bonds. The Kier molecular flexibility index (Phi) is 4.22. The van der Waals surface area contributed by atoms with Crippen molar-refractivity contribution in [3.63, 3.8) is 0 Å². The van der Waals surface area contributed by atoms with Crippen molar-refractivity contribution in [2.45, 2.75) is 39.4 Å². The average molecular weight is 275 g/mol. The second-order valence-electron chi connectivity index (χ2n) is 5.68. The Morgan fingerprint density at radius 1 is 1.16 bits per heavy atom. The van der Waals surface area contributed by atoms with Crippen LogP contribution in [0.4, 0.5) is 5.13 Å². The molecule has 0 aliphatic heterocycles. The van der Waals surface area contributed by atoms with Gasteiger partial charge in [0.05, 0.1) is 0 Å². The van der Waals surface area contributed by atoms with Crippen molar-refractivity contribution in [3.05, 3.63) is 47.0 Å². The highest BCUT2D eigenvalue weighted by Crippen LogP contribution is 2.23. The van der Waals surface area contributed by atoms with E-state index < -0.39 is 0 Å². The third kappa shape index (κ3) is 4.04.